The lowest BCUT2D eigenvalue weighted by atomic mass is 10.3. The average molecular weight is 297 g/mol. The largest absolute Gasteiger partial charge is 0.329 e. The fraction of sp³-hybridized carbons (Fsp3) is 0.273. The Kier molecular flexibility index (Phi) is 3.75. The molecule has 2 heterocycles. The summed E-state index contributed by atoms with van der Waals surface area (Å²) in [6, 6.07) is 3.62. The maximum atomic E-state index is 11.4. The molecule has 2 aromatic heterocycles. The molecular weight excluding hydrogens is 284 g/mol. The molecule has 2 aromatic rings. The van der Waals surface area contributed by atoms with Gasteiger partial charge in [0.25, 0.3) is 5.56 Å². The third kappa shape index (κ3) is 3.04. The van der Waals surface area contributed by atoms with Crippen LogP contribution >= 0.6 is 15.9 Å². The number of aryl methyl sites for hydroxylation is 1. The first-order valence-electron chi connectivity index (χ1n) is 5.22. The summed E-state index contributed by atoms with van der Waals surface area (Å²) in [5.74, 6) is 0. The molecule has 17 heavy (non-hydrogen) atoms. The highest BCUT2D eigenvalue weighted by Gasteiger charge is 2.04. The molecule has 0 saturated carbocycles. The fourth-order valence-electron chi connectivity index (χ4n) is 1.54. The molecule has 0 amide bonds. The van der Waals surface area contributed by atoms with Gasteiger partial charge in [-0.3, -0.25) is 9.48 Å². The van der Waals surface area contributed by atoms with Crippen molar-refractivity contribution in [1.82, 2.24) is 20.1 Å². The minimum atomic E-state index is -0.0555. The van der Waals surface area contributed by atoms with Crippen molar-refractivity contribution in [1.29, 1.82) is 0 Å². The first kappa shape index (κ1) is 12.1. The monoisotopic (exact) mass is 296 g/mol. The van der Waals surface area contributed by atoms with Gasteiger partial charge >= 0.3 is 0 Å². The Morgan fingerprint density at radius 2 is 2.35 bits per heavy atom. The Balaban J connectivity index is 1.94. The quantitative estimate of drug-likeness (QED) is 0.890. The van der Waals surface area contributed by atoms with E-state index in [1.54, 1.807) is 16.9 Å². The summed E-state index contributed by atoms with van der Waals surface area (Å²) in [4.78, 5) is 14.0. The van der Waals surface area contributed by atoms with Crippen molar-refractivity contribution in [2.75, 3.05) is 0 Å². The smallest absolute Gasteiger partial charge is 0.252 e. The summed E-state index contributed by atoms with van der Waals surface area (Å²) in [5, 5.41) is 7.47. The highest BCUT2D eigenvalue weighted by Crippen LogP contribution is 2.13. The van der Waals surface area contributed by atoms with E-state index in [1.807, 2.05) is 19.3 Å². The molecule has 0 fully saturated rings. The van der Waals surface area contributed by atoms with Crippen LogP contribution in [0.5, 0.6) is 0 Å². The van der Waals surface area contributed by atoms with Crippen molar-refractivity contribution < 1.29 is 0 Å². The molecule has 0 spiro atoms. The number of aromatic amines is 1. The zero-order chi connectivity index (χ0) is 12.3. The first-order chi connectivity index (χ1) is 8.16. The molecule has 0 aromatic carbocycles. The number of aromatic nitrogens is 3. The lowest BCUT2D eigenvalue weighted by Crippen LogP contribution is -2.20. The predicted molar refractivity (Wildman–Crippen MR) is 68.5 cm³/mol. The number of hydrogen-bond acceptors (Lipinski definition) is 3. The maximum Gasteiger partial charge on any atom is 0.252 e. The number of H-pyrrole nitrogens is 1. The van der Waals surface area contributed by atoms with Crippen LogP contribution < -0.4 is 10.9 Å². The van der Waals surface area contributed by atoms with Crippen LogP contribution in [0.3, 0.4) is 0 Å². The van der Waals surface area contributed by atoms with Gasteiger partial charge in [-0.15, -0.1) is 0 Å². The first-order valence-corrected chi connectivity index (χ1v) is 6.01. The summed E-state index contributed by atoms with van der Waals surface area (Å²) in [6.45, 7) is 1.15. The summed E-state index contributed by atoms with van der Waals surface area (Å²) in [5.41, 5.74) is 1.60. The molecule has 0 radical (unpaired) electrons. The summed E-state index contributed by atoms with van der Waals surface area (Å²) >= 11 is 3.43. The van der Waals surface area contributed by atoms with Crippen molar-refractivity contribution in [3.63, 3.8) is 0 Å². The molecule has 90 valence electrons. The van der Waals surface area contributed by atoms with Crippen molar-refractivity contribution in [3.8, 4) is 0 Å². The van der Waals surface area contributed by atoms with Crippen LogP contribution in [0.25, 0.3) is 0 Å². The van der Waals surface area contributed by atoms with E-state index >= 15 is 0 Å². The Hall–Kier alpha value is -1.40. The summed E-state index contributed by atoms with van der Waals surface area (Å²) in [6.07, 6.45) is 3.52. The lowest BCUT2D eigenvalue weighted by molar-refractivity contribution is 0.652. The van der Waals surface area contributed by atoms with Crippen molar-refractivity contribution in [3.05, 3.63) is 50.6 Å². The number of pyridine rings is 1. The van der Waals surface area contributed by atoms with Gasteiger partial charge in [0.1, 0.15) is 0 Å². The third-order valence-electron chi connectivity index (χ3n) is 2.36. The van der Waals surface area contributed by atoms with E-state index < -0.39 is 0 Å². The Bertz CT molecular complexity index is 561. The van der Waals surface area contributed by atoms with Gasteiger partial charge in [-0.1, -0.05) is 6.07 Å². The van der Waals surface area contributed by atoms with Gasteiger partial charge in [0.15, 0.2) is 0 Å². The van der Waals surface area contributed by atoms with E-state index in [9.17, 15) is 4.79 Å². The maximum absolute atomic E-state index is 11.4. The second kappa shape index (κ2) is 5.29. The van der Waals surface area contributed by atoms with E-state index in [4.69, 9.17) is 0 Å². The predicted octanol–water partition coefficient (Wildman–Crippen LogP) is 1.16. The number of halogens is 1. The molecule has 0 atom stereocenters. The van der Waals surface area contributed by atoms with E-state index in [0.29, 0.717) is 13.1 Å². The van der Waals surface area contributed by atoms with E-state index in [1.165, 1.54) is 0 Å². The molecule has 0 saturated heterocycles. The highest BCUT2D eigenvalue weighted by atomic mass is 79.9. The zero-order valence-corrected chi connectivity index (χ0v) is 11.0. The molecule has 6 heteroatoms. The molecule has 0 aliphatic heterocycles. The van der Waals surface area contributed by atoms with Gasteiger partial charge in [-0.05, 0) is 22.0 Å². The van der Waals surface area contributed by atoms with Crippen LogP contribution in [0, 0.1) is 0 Å². The highest BCUT2D eigenvalue weighted by molar-refractivity contribution is 9.10. The Morgan fingerprint density at radius 3 is 3.00 bits per heavy atom. The molecule has 2 rings (SSSR count). The Morgan fingerprint density at radius 1 is 1.53 bits per heavy atom. The SMILES string of the molecule is Cn1cc(Br)c(CNCc2ccc[nH]c2=O)n1. The molecule has 0 unspecified atom stereocenters. The van der Waals surface area contributed by atoms with Gasteiger partial charge in [0, 0.05) is 38.1 Å². The molecule has 0 aliphatic rings. The van der Waals surface area contributed by atoms with E-state index in [2.05, 4.69) is 31.3 Å². The number of hydrogen-bond donors (Lipinski definition) is 2. The minimum absolute atomic E-state index is 0.0555. The second-order valence-corrected chi connectivity index (χ2v) is 4.58. The number of nitrogens with one attached hydrogen (secondary N) is 2. The molecule has 0 bridgehead atoms. The van der Waals surface area contributed by atoms with Gasteiger partial charge in [-0.25, -0.2) is 0 Å². The normalized spacial score (nSPS) is 10.7. The van der Waals surface area contributed by atoms with Crippen LogP contribution in [0.2, 0.25) is 0 Å². The van der Waals surface area contributed by atoms with E-state index in [0.717, 1.165) is 15.7 Å². The molecule has 0 aliphatic carbocycles. The van der Waals surface area contributed by atoms with Crippen LogP contribution in [-0.4, -0.2) is 14.8 Å². The minimum Gasteiger partial charge on any atom is -0.329 e. The number of nitrogens with zero attached hydrogens (tertiary/aromatic N) is 2. The molecule has 2 N–H and O–H groups in total. The standard InChI is InChI=1S/C11H13BrN4O/c1-16-7-9(12)10(15-16)6-13-5-8-3-2-4-14-11(8)17/h2-4,7,13H,5-6H2,1H3,(H,14,17). The van der Waals surface area contributed by atoms with Crippen molar-refractivity contribution in [2.45, 2.75) is 13.1 Å². The van der Waals surface area contributed by atoms with Gasteiger partial charge in [0.2, 0.25) is 0 Å². The van der Waals surface area contributed by atoms with Crippen molar-refractivity contribution in [2.24, 2.45) is 7.05 Å². The van der Waals surface area contributed by atoms with Crippen molar-refractivity contribution >= 4 is 15.9 Å². The topological polar surface area (TPSA) is 62.7 Å². The third-order valence-corrected chi connectivity index (χ3v) is 3.02. The van der Waals surface area contributed by atoms with Crippen LogP contribution in [0.1, 0.15) is 11.3 Å². The lowest BCUT2D eigenvalue weighted by Gasteiger charge is -2.02. The molecular formula is C11H13BrN4O. The van der Waals surface area contributed by atoms with Gasteiger partial charge in [0.05, 0.1) is 10.2 Å². The van der Waals surface area contributed by atoms with Gasteiger partial charge < -0.3 is 10.3 Å². The fourth-order valence-corrected chi connectivity index (χ4v) is 2.05. The van der Waals surface area contributed by atoms with E-state index in [-0.39, 0.29) is 5.56 Å². The van der Waals surface area contributed by atoms with Crippen LogP contribution in [0.15, 0.2) is 33.8 Å². The summed E-state index contributed by atoms with van der Waals surface area (Å²) < 4.78 is 2.71. The zero-order valence-electron chi connectivity index (χ0n) is 9.40. The second-order valence-electron chi connectivity index (χ2n) is 3.73. The average Bonchev–Trinajstić information content (AvgIpc) is 2.60. The molecule has 5 nitrogen and oxygen atoms in total. The van der Waals surface area contributed by atoms with Crippen LogP contribution in [-0.2, 0) is 20.1 Å². The van der Waals surface area contributed by atoms with Gasteiger partial charge in [-0.2, -0.15) is 5.10 Å². The number of rotatable bonds is 4. The summed E-state index contributed by atoms with van der Waals surface area (Å²) in [7, 11) is 1.87. The van der Waals surface area contributed by atoms with Crippen LogP contribution in [0.4, 0.5) is 0 Å². The Labute approximate surface area is 107 Å².